The number of aromatic nitrogens is 3. The number of fused-ring (bicyclic) bond motifs is 1. The third-order valence-electron chi connectivity index (χ3n) is 4.00. The number of hydrogen-bond acceptors (Lipinski definition) is 7. The van der Waals surface area contributed by atoms with Crippen molar-refractivity contribution in [3.05, 3.63) is 18.6 Å². The molecule has 3 heterocycles. The average molecular weight is 289 g/mol. The van der Waals surface area contributed by atoms with E-state index in [1.165, 1.54) is 6.33 Å². The molecule has 8 nitrogen and oxygen atoms in total. The van der Waals surface area contributed by atoms with Crippen molar-refractivity contribution in [3.8, 4) is 6.07 Å². The quantitative estimate of drug-likeness (QED) is 0.697. The van der Waals surface area contributed by atoms with Crippen LogP contribution in [-0.2, 0) is 4.74 Å². The van der Waals surface area contributed by atoms with Crippen LogP contribution in [0.4, 0.5) is 5.82 Å². The van der Waals surface area contributed by atoms with Gasteiger partial charge < -0.3 is 25.3 Å². The van der Waals surface area contributed by atoms with Crippen LogP contribution in [0.5, 0.6) is 0 Å². The van der Waals surface area contributed by atoms with Gasteiger partial charge in [0.25, 0.3) is 0 Å². The molecule has 0 spiro atoms. The molecular formula is C13H15N5O3. The highest BCUT2D eigenvalue weighted by atomic mass is 16.5. The monoisotopic (exact) mass is 289 g/mol. The molecule has 0 unspecified atom stereocenters. The van der Waals surface area contributed by atoms with E-state index in [0.29, 0.717) is 16.9 Å². The lowest BCUT2D eigenvalue weighted by Gasteiger charge is -2.26. The molecule has 8 heteroatoms. The van der Waals surface area contributed by atoms with Gasteiger partial charge in [-0.25, -0.2) is 9.97 Å². The second-order valence-electron chi connectivity index (χ2n) is 5.27. The van der Waals surface area contributed by atoms with Crippen molar-refractivity contribution in [3.63, 3.8) is 0 Å². The summed E-state index contributed by atoms with van der Waals surface area (Å²) in [6, 6.07) is 3.82. The average Bonchev–Trinajstić information content (AvgIpc) is 3.01. The van der Waals surface area contributed by atoms with E-state index in [4.69, 9.17) is 10.5 Å². The van der Waals surface area contributed by atoms with E-state index in [1.807, 2.05) is 0 Å². The molecule has 0 amide bonds. The number of nitriles is 1. The fraction of sp³-hybridized carbons (Fsp3) is 0.462. The molecule has 1 fully saturated rings. The number of aliphatic hydroxyl groups is 2. The highest BCUT2D eigenvalue weighted by Gasteiger charge is 2.54. The van der Waals surface area contributed by atoms with Gasteiger partial charge in [0.05, 0.1) is 18.1 Å². The predicted octanol–water partition coefficient (Wildman–Crippen LogP) is -0.206. The number of ether oxygens (including phenoxy) is 1. The second kappa shape index (κ2) is 4.66. The van der Waals surface area contributed by atoms with Gasteiger partial charge in [-0.2, -0.15) is 5.26 Å². The van der Waals surface area contributed by atoms with Gasteiger partial charge in [-0.3, -0.25) is 0 Å². The van der Waals surface area contributed by atoms with Gasteiger partial charge in [0.15, 0.2) is 6.23 Å². The number of aliphatic hydroxyl groups excluding tert-OH is 2. The molecule has 0 bridgehead atoms. The molecule has 0 saturated carbocycles. The lowest BCUT2D eigenvalue weighted by molar-refractivity contribution is -0.0467. The summed E-state index contributed by atoms with van der Waals surface area (Å²) >= 11 is 0. The highest BCUT2D eigenvalue weighted by Crippen LogP contribution is 2.45. The first-order chi connectivity index (χ1) is 10.0. The molecule has 2 aromatic rings. The Morgan fingerprint density at radius 3 is 3.00 bits per heavy atom. The minimum absolute atomic E-state index is 0.328. The first-order valence-corrected chi connectivity index (χ1v) is 6.45. The van der Waals surface area contributed by atoms with Crippen molar-refractivity contribution in [2.45, 2.75) is 25.4 Å². The van der Waals surface area contributed by atoms with Crippen LogP contribution in [0.25, 0.3) is 11.0 Å². The van der Waals surface area contributed by atoms with Crippen LogP contribution in [0.15, 0.2) is 18.6 Å². The molecule has 0 aliphatic carbocycles. The molecule has 0 aromatic carbocycles. The van der Waals surface area contributed by atoms with Crippen LogP contribution in [0.2, 0.25) is 0 Å². The zero-order valence-electron chi connectivity index (χ0n) is 11.3. The fourth-order valence-corrected chi connectivity index (χ4v) is 2.71. The topological polar surface area (TPSA) is 130 Å². The van der Waals surface area contributed by atoms with E-state index in [0.717, 1.165) is 0 Å². The Hall–Kier alpha value is -2.21. The van der Waals surface area contributed by atoms with Crippen LogP contribution in [0.1, 0.15) is 13.2 Å². The van der Waals surface area contributed by atoms with E-state index >= 15 is 0 Å². The largest absolute Gasteiger partial charge is 0.394 e. The smallest absolute Gasteiger partial charge is 0.156 e. The van der Waals surface area contributed by atoms with E-state index in [2.05, 4.69) is 16.0 Å². The van der Waals surface area contributed by atoms with Crippen LogP contribution in [0, 0.1) is 16.7 Å². The summed E-state index contributed by atoms with van der Waals surface area (Å²) in [6.07, 6.45) is 0.307. The minimum atomic E-state index is -1.21. The van der Waals surface area contributed by atoms with Crippen LogP contribution >= 0.6 is 0 Å². The Bertz CT molecular complexity index is 724. The Morgan fingerprint density at radius 1 is 1.57 bits per heavy atom. The summed E-state index contributed by atoms with van der Waals surface area (Å²) in [5.74, 6) is 0.328. The maximum atomic E-state index is 10.2. The highest BCUT2D eigenvalue weighted by molar-refractivity contribution is 5.86. The van der Waals surface area contributed by atoms with Gasteiger partial charge in [-0.1, -0.05) is 0 Å². The maximum Gasteiger partial charge on any atom is 0.156 e. The Labute approximate surface area is 120 Å². The zero-order valence-corrected chi connectivity index (χ0v) is 11.3. The zero-order chi connectivity index (χ0) is 15.2. The molecule has 3 rings (SSSR count). The van der Waals surface area contributed by atoms with Gasteiger partial charge in [0.2, 0.25) is 0 Å². The lowest BCUT2D eigenvalue weighted by Crippen LogP contribution is -2.37. The fourth-order valence-electron chi connectivity index (χ4n) is 2.71. The molecule has 4 atom stereocenters. The number of nitrogens with zero attached hydrogens (tertiary/aromatic N) is 4. The Kier molecular flexibility index (Phi) is 3.06. The second-order valence-corrected chi connectivity index (χ2v) is 5.27. The first-order valence-electron chi connectivity index (χ1n) is 6.45. The molecular weight excluding hydrogens is 274 g/mol. The molecule has 0 radical (unpaired) electrons. The summed E-state index contributed by atoms with van der Waals surface area (Å²) in [5.41, 5.74) is 5.09. The standard InChI is InChI=1S/C13H15N5O3/c1-13(5-14)9(20)8(4-19)21-12(13)18-3-2-7-10(15)16-6-17-11(7)18/h2-3,6,8-9,12,19-20H,4H2,1H3,(H2,15,16,17)/t8-,9-,12-,13-/m1/s1. The third kappa shape index (κ3) is 1.79. The van der Waals surface area contributed by atoms with Crippen molar-refractivity contribution in [1.82, 2.24) is 14.5 Å². The molecule has 1 aliphatic heterocycles. The Morgan fingerprint density at radius 2 is 2.33 bits per heavy atom. The summed E-state index contributed by atoms with van der Waals surface area (Å²) < 4.78 is 7.30. The van der Waals surface area contributed by atoms with Crippen molar-refractivity contribution in [2.24, 2.45) is 5.41 Å². The maximum absolute atomic E-state index is 10.2. The van der Waals surface area contributed by atoms with Crippen molar-refractivity contribution >= 4 is 16.9 Å². The van der Waals surface area contributed by atoms with Gasteiger partial charge in [-0.15, -0.1) is 0 Å². The summed E-state index contributed by atoms with van der Waals surface area (Å²) in [7, 11) is 0. The number of anilines is 1. The summed E-state index contributed by atoms with van der Waals surface area (Å²) in [6.45, 7) is 1.22. The molecule has 21 heavy (non-hydrogen) atoms. The first kappa shape index (κ1) is 13.8. The molecule has 110 valence electrons. The van der Waals surface area contributed by atoms with Gasteiger partial charge in [0.1, 0.15) is 35.4 Å². The van der Waals surface area contributed by atoms with Crippen LogP contribution in [0.3, 0.4) is 0 Å². The SMILES string of the molecule is C[C@@]1(C#N)[C@H](O)[C@@H](CO)O[C@H]1n1ccc2c(N)ncnc21. The predicted molar refractivity (Wildman–Crippen MR) is 72.7 cm³/mol. The van der Waals surface area contributed by atoms with E-state index in [1.54, 1.807) is 23.8 Å². The van der Waals surface area contributed by atoms with Gasteiger partial charge >= 0.3 is 0 Å². The number of nitrogen functional groups attached to an aromatic ring is 1. The minimum Gasteiger partial charge on any atom is -0.394 e. The molecule has 1 saturated heterocycles. The van der Waals surface area contributed by atoms with E-state index in [9.17, 15) is 15.5 Å². The number of rotatable bonds is 2. The summed E-state index contributed by atoms with van der Waals surface area (Å²) in [5, 5.41) is 29.6. The molecule has 4 N–H and O–H groups in total. The summed E-state index contributed by atoms with van der Waals surface area (Å²) in [4.78, 5) is 8.07. The molecule has 1 aliphatic rings. The van der Waals surface area contributed by atoms with E-state index in [-0.39, 0.29) is 6.61 Å². The van der Waals surface area contributed by atoms with Crippen LogP contribution in [-0.4, -0.2) is 43.6 Å². The van der Waals surface area contributed by atoms with Crippen molar-refractivity contribution in [1.29, 1.82) is 5.26 Å². The molecule has 2 aromatic heterocycles. The lowest BCUT2D eigenvalue weighted by atomic mass is 9.84. The van der Waals surface area contributed by atoms with Gasteiger partial charge in [0, 0.05) is 6.20 Å². The number of nitrogens with two attached hydrogens (primary N) is 1. The van der Waals surface area contributed by atoms with Crippen molar-refractivity contribution < 1.29 is 14.9 Å². The van der Waals surface area contributed by atoms with Crippen molar-refractivity contribution in [2.75, 3.05) is 12.3 Å². The van der Waals surface area contributed by atoms with E-state index < -0.39 is 23.9 Å². The Balaban J connectivity index is 2.14. The number of hydrogen-bond donors (Lipinski definition) is 3. The normalized spacial score (nSPS) is 32.4. The third-order valence-corrected chi connectivity index (χ3v) is 4.00. The van der Waals surface area contributed by atoms with Gasteiger partial charge in [-0.05, 0) is 13.0 Å². The van der Waals surface area contributed by atoms with Crippen LogP contribution < -0.4 is 5.73 Å².